The van der Waals surface area contributed by atoms with Gasteiger partial charge in [-0.15, -0.1) is 0 Å². The fraction of sp³-hybridized carbons (Fsp3) is 0.636. The second kappa shape index (κ2) is 12.3. The standard InChI is InChI=1S/C22H36N4O4/c1-6-29-19-9-8-18(12-20(19)30-7-2)16(3)25-22(24-14-21(27)26(4)5)23-13-17-10-11-28-15-17/h8-9,12,16-17H,6-7,10-11,13-15H2,1-5H3,(H2,23,24,25). The van der Waals surface area contributed by atoms with Gasteiger partial charge in [-0.05, 0) is 44.9 Å². The largest absolute Gasteiger partial charge is 0.490 e. The van der Waals surface area contributed by atoms with Crippen LogP contribution in [0.2, 0.25) is 0 Å². The number of hydrogen-bond donors (Lipinski definition) is 2. The molecule has 0 aromatic heterocycles. The van der Waals surface area contributed by atoms with Gasteiger partial charge in [0.25, 0.3) is 0 Å². The molecule has 0 radical (unpaired) electrons. The lowest BCUT2D eigenvalue weighted by atomic mass is 10.1. The van der Waals surface area contributed by atoms with E-state index in [1.165, 1.54) is 4.90 Å². The summed E-state index contributed by atoms with van der Waals surface area (Å²) in [6.07, 6.45) is 1.03. The number of carbonyl (C=O) groups excluding carboxylic acids is 1. The van der Waals surface area contributed by atoms with Crippen molar-refractivity contribution in [3.63, 3.8) is 0 Å². The molecule has 1 aromatic carbocycles. The average molecular weight is 421 g/mol. The minimum absolute atomic E-state index is 0.0413. The lowest BCUT2D eigenvalue weighted by Crippen LogP contribution is -2.42. The Morgan fingerprint density at radius 1 is 1.27 bits per heavy atom. The van der Waals surface area contributed by atoms with Crippen LogP contribution in [0.15, 0.2) is 23.2 Å². The van der Waals surface area contributed by atoms with Crippen molar-refractivity contribution in [3.05, 3.63) is 23.8 Å². The van der Waals surface area contributed by atoms with Gasteiger partial charge in [0.1, 0.15) is 6.54 Å². The first-order chi connectivity index (χ1) is 14.4. The number of hydrogen-bond acceptors (Lipinski definition) is 5. The zero-order valence-electron chi connectivity index (χ0n) is 18.9. The van der Waals surface area contributed by atoms with Gasteiger partial charge in [-0.25, -0.2) is 4.99 Å². The zero-order chi connectivity index (χ0) is 21.9. The summed E-state index contributed by atoms with van der Waals surface area (Å²) >= 11 is 0. The number of nitrogens with one attached hydrogen (secondary N) is 2. The van der Waals surface area contributed by atoms with Gasteiger partial charge in [-0.3, -0.25) is 4.79 Å². The topological polar surface area (TPSA) is 84.4 Å². The van der Waals surface area contributed by atoms with Crippen LogP contribution in [0.1, 0.15) is 38.8 Å². The van der Waals surface area contributed by atoms with E-state index in [9.17, 15) is 4.79 Å². The second-order valence-corrected chi connectivity index (χ2v) is 7.50. The second-order valence-electron chi connectivity index (χ2n) is 7.50. The normalized spacial score (nSPS) is 17.4. The summed E-state index contributed by atoms with van der Waals surface area (Å²) in [4.78, 5) is 18.0. The number of benzene rings is 1. The highest BCUT2D eigenvalue weighted by molar-refractivity contribution is 5.85. The number of nitrogens with zero attached hydrogens (tertiary/aromatic N) is 2. The maximum Gasteiger partial charge on any atom is 0.243 e. The first-order valence-electron chi connectivity index (χ1n) is 10.7. The molecule has 1 heterocycles. The highest BCUT2D eigenvalue weighted by atomic mass is 16.5. The van der Waals surface area contributed by atoms with E-state index in [1.807, 2.05) is 32.0 Å². The Balaban J connectivity index is 2.10. The Labute approximate surface area is 180 Å². The van der Waals surface area contributed by atoms with Crippen LogP contribution in [0.4, 0.5) is 0 Å². The minimum Gasteiger partial charge on any atom is -0.490 e. The molecule has 1 saturated heterocycles. The maximum absolute atomic E-state index is 12.0. The van der Waals surface area contributed by atoms with Crippen molar-refractivity contribution < 1.29 is 19.0 Å². The molecule has 1 aliphatic rings. The van der Waals surface area contributed by atoms with Crippen LogP contribution in [0.25, 0.3) is 0 Å². The van der Waals surface area contributed by atoms with Gasteiger partial charge in [0.05, 0.1) is 25.9 Å². The molecule has 8 heteroatoms. The van der Waals surface area contributed by atoms with Crippen LogP contribution >= 0.6 is 0 Å². The SMILES string of the molecule is CCOc1ccc(C(C)NC(=NCC(=O)N(C)C)NCC2CCOC2)cc1OCC. The number of amides is 1. The number of aliphatic imine (C=N–C) groups is 1. The van der Waals surface area contributed by atoms with Gasteiger partial charge in [0.15, 0.2) is 17.5 Å². The molecule has 0 bridgehead atoms. The summed E-state index contributed by atoms with van der Waals surface area (Å²) in [5.74, 6) is 2.47. The highest BCUT2D eigenvalue weighted by Gasteiger charge is 2.18. The molecule has 8 nitrogen and oxygen atoms in total. The van der Waals surface area contributed by atoms with E-state index in [4.69, 9.17) is 14.2 Å². The summed E-state index contributed by atoms with van der Waals surface area (Å²) in [7, 11) is 3.46. The molecule has 168 valence electrons. The summed E-state index contributed by atoms with van der Waals surface area (Å²) in [6.45, 7) is 9.49. The van der Waals surface area contributed by atoms with E-state index in [0.717, 1.165) is 43.2 Å². The maximum atomic E-state index is 12.0. The van der Waals surface area contributed by atoms with Gasteiger partial charge < -0.3 is 29.7 Å². The van der Waals surface area contributed by atoms with Crippen LogP contribution in [0, 0.1) is 5.92 Å². The van der Waals surface area contributed by atoms with Crippen molar-refractivity contribution in [2.75, 3.05) is 53.6 Å². The Morgan fingerprint density at radius 3 is 2.63 bits per heavy atom. The molecule has 1 aromatic rings. The van der Waals surface area contributed by atoms with Crippen molar-refractivity contribution >= 4 is 11.9 Å². The molecule has 30 heavy (non-hydrogen) atoms. The molecule has 1 fully saturated rings. The smallest absolute Gasteiger partial charge is 0.243 e. The van der Waals surface area contributed by atoms with Gasteiger partial charge in [-0.2, -0.15) is 0 Å². The molecule has 0 saturated carbocycles. The molecule has 0 aliphatic carbocycles. The van der Waals surface area contributed by atoms with Crippen molar-refractivity contribution in [3.8, 4) is 11.5 Å². The van der Waals surface area contributed by atoms with Crippen LogP contribution in [-0.4, -0.2) is 70.4 Å². The molecule has 0 spiro atoms. The molecule has 2 rings (SSSR count). The monoisotopic (exact) mass is 420 g/mol. The van der Waals surface area contributed by atoms with Crippen LogP contribution in [0.3, 0.4) is 0 Å². The van der Waals surface area contributed by atoms with Crippen molar-refractivity contribution in [2.45, 2.75) is 33.2 Å². The predicted molar refractivity (Wildman–Crippen MR) is 118 cm³/mol. The molecular formula is C22H36N4O4. The van der Waals surface area contributed by atoms with E-state index in [0.29, 0.717) is 25.1 Å². The summed E-state index contributed by atoms with van der Waals surface area (Å²) in [5, 5.41) is 6.76. The fourth-order valence-corrected chi connectivity index (χ4v) is 3.05. The van der Waals surface area contributed by atoms with Crippen molar-refractivity contribution in [2.24, 2.45) is 10.9 Å². The van der Waals surface area contributed by atoms with E-state index in [2.05, 4.69) is 22.5 Å². The number of ether oxygens (including phenoxy) is 3. The lowest BCUT2D eigenvalue weighted by Gasteiger charge is -2.21. The quantitative estimate of drug-likeness (QED) is 0.446. The minimum atomic E-state index is -0.0485. The predicted octanol–water partition coefficient (Wildman–Crippen LogP) is 2.20. The van der Waals surface area contributed by atoms with E-state index >= 15 is 0 Å². The summed E-state index contributed by atoms with van der Waals surface area (Å²) in [6, 6.07) is 5.89. The van der Waals surface area contributed by atoms with Crippen molar-refractivity contribution in [1.29, 1.82) is 0 Å². The van der Waals surface area contributed by atoms with Gasteiger partial charge >= 0.3 is 0 Å². The first-order valence-corrected chi connectivity index (χ1v) is 10.7. The van der Waals surface area contributed by atoms with Crippen molar-refractivity contribution in [1.82, 2.24) is 15.5 Å². The zero-order valence-corrected chi connectivity index (χ0v) is 18.9. The Kier molecular flexibility index (Phi) is 9.73. The third-order valence-electron chi connectivity index (χ3n) is 4.87. The molecule has 2 unspecified atom stereocenters. The van der Waals surface area contributed by atoms with Gasteiger partial charge in [0.2, 0.25) is 5.91 Å². The number of guanidine groups is 1. The van der Waals surface area contributed by atoms with E-state index in [1.54, 1.807) is 14.1 Å². The highest BCUT2D eigenvalue weighted by Crippen LogP contribution is 2.30. The van der Waals surface area contributed by atoms with Gasteiger partial charge in [0, 0.05) is 33.2 Å². The summed E-state index contributed by atoms with van der Waals surface area (Å²) in [5.41, 5.74) is 1.04. The number of carbonyl (C=O) groups is 1. The number of rotatable bonds is 10. The average Bonchev–Trinajstić information content (AvgIpc) is 3.24. The molecule has 2 N–H and O–H groups in total. The molecule has 1 aliphatic heterocycles. The lowest BCUT2D eigenvalue weighted by molar-refractivity contribution is -0.127. The van der Waals surface area contributed by atoms with Crippen LogP contribution in [0.5, 0.6) is 11.5 Å². The third kappa shape index (κ3) is 7.40. The molecule has 2 atom stereocenters. The number of likely N-dealkylation sites (N-methyl/N-ethyl adjacent to an activating group) is 1. The molecule has 1 amide bonds. The van der Waals surface area contributed by atoms with E-state index < -0.39 is 0 Å². The summed E-state index contributed by atoms with van der Waals surface area (Å²) < 4.78 is 16.8. The van der Waals surface area contributed by atoms with Crippen LogP contribution < -0.4 is 20.1 Å². The third-order valence-corrected chi connectivity index (χ3v) is 4.87. The fourth-order valence-electron chi connectivity index (χ4n) is 3.05. The Hall–Kier alpha value is -2.48. The first kappa shape index (κ1) is 23.8. The Morgan fingerprint density at radius 2 is 2.00 bits per heavy atom. The van der Waals surface area contributed by atoms with E-state index in [-0.39, 0.29) is 18.5 Å². The molecular weight excluding hydrogens is 384 g/mol. The van der Waals surface area contributed by atoms with Gasteiger partial charge in [-0.1, -0.05) is 6.07 Å². The Bertz CT molecular complexity index is 702. The van der Waals surface area contributed by atoms with Crippen LogP contribution in [-0.2, 0) is 9.53 Å².